The largest absolute Gasteiger partial charge is 0.388 e. The topological polar surface area (TPSA) is 71.8 Å². The third kappa shape index (κ3) is 1.88. The number of nitrogens with zero attached hydrogens (tertiary/aromatic N) is 1. The fourth-order valence-corrected chi connectivity index (χ4v) is 0.906. The van der Waals surface area contributed by atoms with Crippen molar-refractivity contribution >= 4 is 17.2 Å². The molecular weight excluding hydrogens is 174 g/mol. The summed E-state index contributed by atoms with van der Waals surface area (Å²) in [7, 11) is 0. The van der Waals surface area contributed by atoms with Gasteiger partial charge in [0, 0.05) is 12.5 Å². The van der Waals surface area contributed by atoms with Crippen molar-refractivity contribution in [3.63, 3.8) is 0 Å². The second kappa shape index (κ2) is 3.44. The molecule has 0 unspecified atom stereocenters. The van der Waals surface area contributed by atoms with Gasteiger partial charge in [-0.25, -0.2) is 4.98 Å². The van der Waals surface area contributed by atoms with Crippen LogP contribution in [0.2, 0.25) is 0 Å². The van der Waals surface area contributed by atoms with Gasteiger partial charge in [-0.3, -0.25) is 4.79 Å². The molecule has 5 heteroatoms. The SMILES string of the molecule is CCc1nc(C(N)=S)cc(=O)[nH]1. The molecule has 1 heterocycles. The molecule has 0 fully saturated rings. The molecule has 3 N–H and O–H groups in total. The van der Waals surface area contributed by atoms with E-state index in [0.717, 1.165) is 0 Å². The molecule has 12 heavy (non-hydrogen) atoms. The van der Waals surface area contributed by atoms with E-state index in [1.165, 1.54) is 6.07 Å². The van der Waals surface area contributed by atoms with Crippen molar-refractivity contribution in [3.05, 3.63) is 27.9 Å². The Kier molecular flexibility index (Phi) is 2.54. The number of nitrogens with one attached hydrogen (secondary N) is 1. The van der Waals surface area contributed by atoms with Crippen molar-refractivity contribution in [3.8, 4) is 0 Å². The maximum Gasteiger partial charge on any atom is 0.251 e. The molecule has 4 nitrogen and oxygen atoms in total. The lowest BCUT2D eigenvalue weighted by Crippen LogP contribution is -2.19. The highest BCUT2D eigenvalue weighted by Gasteiger charge is 2.01. The van der Waals surface area contributed by atoms with Crippen LogP contribution in [0.3, 0.4) is 0 Å². The number of hydrogen-bond acceptors (Lipinski definition) is 3. The Labute approximate surface area is 74.8 Å². The number of H-pyrrole nitrogens is 1. The molecule has 1 rings (SSSR count). The lowest BCUT2D eigenvalue weighted by atomic mass is 10.3. The van der Waals surface area contributed by atoms with Crippen LogP contribution >= 0.6 is 12.2 Å². The predicted molar refractivity (Wildman–Crippen MR) is 50.1 cm³/mol. The molecule has 1 aromatic rings. The first-order valence-electron chi connectivity index (χ1n) is 3.53. The van der Waals surface area contributed by atoms with Gasteiger partial charge in [0.2, 0.25) is 0 Å². The van der Waals surface area contributed by atoms with E-state index in [-0.39, 0.29) is 10.5 Å². The van der Waals surface area contributed by atoms with Crippen LogP contribution in [0.15, 0.2) is 10.9 Å². The van der Waals surface area contributed by atoms with Gasteiger partial charge in [-0.05, 0) is 0 Å². The Morgan fingerprint density at radius 2 is 2.50 bits per heavy atom. The third-order valence-corrected chi connectivity index (χ3v) is 1.59. The van der Waals surface area contributed by atoms with Gasteiger partial charge in [-0.1, -0.05) is 19.1 Å². The van der Waals surface area contributed by atoms with Crippen molar-refractivity contribution in [2.75, 3.05) is 0 Å². The van der Waals surface area contributed by atoms with E-state index in [2.05, 4.69) is 9.97 Å². The van der Waals surface area contributed by atoms with Gasteiger partial charge in [0.15, 0.2) is 0 Å². The fraction of sp³-hybridized carbons (Fsp3) is 0.286. The van der Waals surface area contributed by atoms with Crippen LogP contribution in [0.25, 0.3) is 0 Å². The second-order valence-electron chi connectivity index (χ2n) is 2.30. The average molecular weight is 183 g/mol. The van der Waals surface area contributed by atoms with Crippen LogP contribution < -0.4 is 11.3 Å². The number of aromatic nitrogens is 2. The van der Waals surface area contributed by atoms with Gasteiger partial charge < -0.3 is 10.7 Å². The van der Waals surface area contributed by atoms with Crippen molar-refractivity contribution in [1.82, 2.24) is 9.97 Å². The summed E-state index contributed by atoms with van der Waals surface area (Å²) in [5, 5.41) is 0. The van der Waals surface area contributed by atoms with E-state index in [0.29, 0.717) is 17.9 Å². The minimum absolute atomic E-state index is 0.149. The van der Waals surface area contributed by atoms with E-state index >= 15 is 0 Å². The molecule has 0 bridgehead atoms. The van der Waals surface area contributed by atoms with E-state index in [1.807, 2.05) is 6.92 Å². The molecule has 0 spiro atoms. The highest BCUT2D eigenvalue weighted by Crippen LogP contribution is 1.92. The van der Waals surface area contributed by atoms with Crippen LogP contribution in [-0.2, 0) is 6.42 Å². The summed E-state index contributed by atoms with van der Waals surface area (Å²) in [5.74, 6) is 0.602. The summed E-state index contributed by atoms with van der Waals surface area (Å²) >= 11 is 4.69. The lowest BCUT2D eigenvalue weighted by molar-refractivity contribution is 0.915. The summed E-state index contributed by atoms with van der Waals surface area (Å²) in [6.07, 6.45) is 0.658. The molecule has 0 aliphatic rings. The Bertz CT molecular complexity index is 358. The quantitative estimate of drug-likeness (QED) is 0.631. The van der Waals surface area contributed by atoms with Crippen molar-refractivity contribution in [2.24, 2.45) is 5.73 Å². The second-order valence-corrected chi connectivity index (χ2v) is 2.73. The molecule has 0 radical (unpaired) electrons. The monoisotopic (exact) mass is 183 g/mol. The number of aromatic amines is 1. The maximum atomic E-state index is 11.0. The number of rotatable bonds is 2. The highest BCUT2D eigenvalue weighted by atomic mass is 32.1. The van der Waals surface area contributed by atoms with Crippen LogP contribution in [0.5, 0.6) is 0 Å². The molecule has 0 saturated carbocycles. The number of hydrogen-bond donors (Lipinski definition) is 2. The summed E-state index contributed by atoms with van der Waals surface area (Å²) in [6.45, 7) is 1.89. The first kappa shape index (κ1) is 8.86. The van der Waals surface area contributed by atoms with Crippen molar-refractivity contribution < 1.29 is 0 Å². The smallest absolute Gasteiger partial charge is 0.251 e. The molecule has 0 aliphatic carbocycles. The van der Waals surface area contributed by atoms with Gasteiger partial charge in [-0.2, -0.15) is 0 Å². The van der Waals surface area contributed by atoms with E-state index in [9.17, 15) is 4.79 Å². The molecule has 1 aromatic heterocycles. The molecule has 0 aromatic carbocycles. The fourth-order valence-electron chi connectivity index (χ4n) is 0.802. The zero-order valence-corrected chi connectivity index (χ0v) is 7.44. The molecular formula is C7H9N3OS. The molecule has 0 aliphatic heterocycles. The van der Waals surface area contributed by atoms with E-state index < -0.39 is 0 Å². The van der Waals surface area contributed by atoms with Gasteiger partial charge in [0.25, 0.3) is 5.56 Å². The number of aryl methyl sites for hydroxylation is 1. The Hall–Kier alpha value is -1.23. The van der Waals surface area contributed by atoms with Crippen molar-refractivity contribution in [1.29, 1.82) is 0 Å². The minimum atomic E-state index is -0.218. The summed E-state index contributed by atoms with van der Waals surface area (Å²) in [4.78, 5) is 17.7. The highest BCUT2D eigenvalue weighted by molar-refractivity contribution is 7.80. The lowest BCUT2D eigenvalue weighted by Gasteiger charge is -1.98. The van der Waals surface area contributed by atoms with E-state index in [1.54, 1.807) is 0 Å². The summed E-state index contributed by atoms with van der Waals surface area (Å²) < 4.78 is 0. The normalized spacial score (nSPS) is 9.75. The molecule has 0 amide bonds. The van der Waals surface area contributed by atoms with Crippen LogP contribution in [0, 0.1) is 0 Å². The van der Waals surface area contributed by atoms with Gasteiger partial charge in [0.05, 0.1) is 0 Å². The first-order valence-corrected chi connectivity index (χ1v) is 3.94. The van der Waals surface area contributed by atoms with Crippen molar-refractivity contribution in [2.45, 2.75) is 13.3 Å². The first-order chi connectivity index (χ1) is 5.63. The van der Waals surface area contributed by atoms with Gasteiger partial charge >= 0.3 is 0 Å². The Balaban J connectivity index is 3.24. The Morgan fingerprint density at radius 1 is 1.83 bits per heavy atom. The van der Waals surface area contributed by atoms with Crippen LogP contribution in [0.4, 0.5) is 0 Å². The standard InChI is InChI=1S/C7H9N3OS/c1-2-5-9-4(7(8)12)3-6(11)10-5/h3H,2H2,1H3,(H2,8,12)(H,9,10,11). The molecule has 64 valence electrons. The maximum absolute atomic E-state index is 11.0. The van der Waals surface area contributed by atoms with E-state index in [4.69, 9.17) is 18.0 Å². The van der Waals surface area contributed by atoms with Gasteiger partial charge in [0.1, 0.15) is 16.5 Å². The van der Waals surface area contributed by atoms with Crippen LogP contribution in [0.1, 0.15) is 18.4 Å². The molecule has 0 atom stereocenters. The minimum Gasteiger partial charge on any atom is -0.388 e. The third-order valence-electron chi connectivity index (χ3n) is 1.38. The number of nitrogens with two attached hydrogens (primary N) is 1. The zero-order valence-electron chi connectivity index (χ0n) is 6.63. The number of thiocarbonyl (C=S) groups is 1. The molecule has 0 saturated heterocycles. The average Bonchev–Trinajstić information content (AvgIpc) is 2.03. The van der Waals surface area contributed by atoms with Crippen LogP contribution in [-0.4, -0.2) is 15.0 Å². The van der Waals surface area contributed by atoms with Gasteiger partial charge in [-0.15, -0.1) is 0 Å². The summed E-state index contributed by atoms with van der Waals surface area (Å²) in [6, 6.07) is 1.29. The predicted octanol–water partition coefficient (Wildman–Crippen LogP) is -0.0335. The summed E-state index contributed by atoms with van der Waals surface area (Å²) in [5.41, 5.74) is 5.48. The zero-order chi connectivity index (χ0) is 9.14. The Morgan fingerprint density at radius 3 is 3.00 bits per heavy atom.